The third kappa shape index (κ3) is 6.28. The Morgan fingerprint density at radius 2 is 2.00 bits per heavy atom. The topological polar surface area (TPSA) is 100 Å². The molecule has 0 saturated carbocycles. The molecule has 0 bridgehead atoms. The van der Waals surface area contributed by atoms with Crippen LogP contribution >= 0.6 is 11.6 Å². The van der Waals surface area contributed by atoms with Crippen molar-refractivity contribution in [3.8, 4) is 17.1 Å². The monoisotopic (exact) mass is 494 g/mol. The fraction of sp³-hybridized carbons (Fsp3) is 0.261. The van der Waals surface area contributed by atoms with Gasteiger partial charge in [-0.05, 0) is 37.1 Å². The van der Waals surface area contributed by atoms with Crippen molar-refractivity contribution in [1.82, 2.24) is 15.6 Å². The standard InChI is InChI=1S/C23H22ClF3N4O3/c1-33-18-6-2-4-16(24)21(18)22(32)31-17(5-3-7-29-20(28)11-25)23-30-12-19(34-23)13-8-14(26)10-15(27)9-13/h2,4,6,8-10,12,17H,3,5,7,11H2,1H3,(H2,28,29)(H,31,32)/t17-/m0/s1. The van der Waals surface area contributed by atoms with Crippen molar-refractivity contribution in [2.45, 2.75) is 18.9 Å². The minimum Gasteiger partial charge on any atom is -0.496 e. The first kappa shape index (κ1) is 25.1. The minimum absolute atomic E-state index is 0.0969. The zero-order valence-electron chi connectivity index (χ0n) is 18.1. The highest BCUT2D eigenvalue weighted by Crippen LogP contribution is 2.29. The second kappa shape index (κ2) is 11.6. The van der Waals surface area contributed by atoms with Gasteiger partial charge in [-0.1, -0.05) is 17.7 Å². The van der Waals surface area contributed by atoms with E-state index in [0.717, 1.165) is 18.2 Å². The van der Waals surface area contributed by atoms with Crippen molar-refractivity contribution in [3.05, 3.63) is 70.7 Å². The number of amides is 1. The Labute approximate surface area is 198 Å². The van der Waals surface area contributed by atoms with Gasteiger partial charge in [0.25, 0.3) is 5.91 Å². The van der Waals surface area contributed by atoms with Crippen LogP contribution in [-0.4, -0.2) is 37.1 Å². The number of hydrogen-bond acceptors (Lipinski definition) is 5. The number of amidine groups is 1. The third-order valence-electron chi connectivity index (χ3n) is 4.84. The van der Waals surface area contributed by atoms with Crippen LogP contribution in [0.5, 0.6) is 5.75 Å². The number of alkyl halides is 1. The smallest absolute Gasteiger partial charge is 0.257 e. The molecule has 34 heavy (non-hydrogen) atoms. The molecule has 0 aliphatic heterocycles. The fourth-order valence-corrected chi connectivity index (χ4v) is 3.51. The summed E-state index contributed by atoms with van der Waals surface area (Å²) in [4.78, 5) is 17.2. The summed E-state index contributed by atoms with van der Waals surface area (Å²) in [5, 5.41) is 12.9. The van der Waals surface area contributed by atoms with Crippen molar-refractivity contribution < 1.29 is 27.1 Å². The molecule has 0 saturated heterocycles. The van der Waals surface area contributed by atoms with Crippen LogP contribution in [0.3, 0.4) is 0 Å². The average Bonchev–Trinajstić information content (AvgIpc) is 3.30. The van der Waals surface area contributed by atoms with E-state index in [9.17, 15) is 18.0 Å². The Morgan fingerprint density at radius 1 is 1.26 bits per heavy atom. The summed E-state index contributed by atoms with van der Waals surface area (Å²) in [6.07, 6.45) is 2.01. The van der Waals surface area contributed by atoms with Gasteiger partial charge in [0.1, 0.15) is 35.9 Å². The van der Waals surface area contributed by atoms with Crippen molar-refractivity contribution in [2.24, 2.45) is 0 Å². The molecule has 0 unspecified atom stereocenters. The number of rotatable bonds is 10. The summed E-state index contributed by atoms with van der Waals surface area (Å²) in [7, 11) is 1.41. The maximum Gasteiger partial charge on any atom is 0.257 e. The van der Waals surface area contributed by atoms with Gasteiger partial charge in [-0.15, -0.1) is 0 Å². The van der Waals surface area contributed by atoms with Crippen LogP contribution in [0.1, 0.15) is 35.1 Å². The predicted molar refractivity (Wildman–Crippen MR) is 121 cm³/mol. The van der Waals surface area contributed by atoms with Gasteiger partial charge in [0.15, 0.2) is 5.76 Å². The number of oxazole rings is 1. The van der Waals surface area contributed by atoms with E-state index in [4.69, 9.17) is 26.2 Å². The number of nitrogens with zero attached hydrogens (tertiary/aromatic N) is 1. The molecule has 11 heteroatoms. The first-order chi connectivity index (χ1) is 16.3. The van der Waals surface area contributed by atoms with Crippen LogP contribution < -0.4 is 15.4 Å². The number of halogens is 4. The van der Waals surface area contributed by atoms with E-state index in [2.05, 4.69) is 15.6 Å². The molecule has 1 aromatic heterocycles. The second-order valence-corrected chi connectivity index (χ2v) is 7.65. The van der Waals surface area contributed by atoms with Crippen LogP contribution in [0.15, 0.2) is 47.0 Å². The highest BCUT2D eigenvalue weighted by atomic mass is 35.5. The molecule has 0 fully saturated rings. The predicted octanol–water partition coefficient (Wildman–Crippen LogP) is 5.07. The van der Waals surface area contributed by atoms with E-state index in [1.807, 2.05) is 0 Å². The zero-order chi connectivity index (χ0) is 24.7. The number of ether oxygens (including phenoxy) is 1. The molecule has 1 atom stereocenters. The first-order valence-corrected chi connectivity index (χ1v) is 10.6. The molecule has 7 nitrogen and oxygen atoms in total. The van der Waals surface area contributed by atoms with Crippen LogP contribution in [0, 0.1) is 17.0 Å². The fourth-order valence-electron chi connectivity index (χ4n) is 3.25. The number of carbonyl (C=O) groups is 1. The van der Waals surface area contributed by atoms with Gasteiger partial charge < -0.3 is 19.8 Å². The summed E-state index contributed by atoms with van der Waals surface area (Å²) < 4.78 is 50.7. The summed E-state index contributed by atoms with van der Waals surface area (Å²) in [5.41, 5.74) is 0.264. The number of benzene rings is 2. The molecular formula is C23H22ClF3N4O3. The third-order valence-corrected chi connectivity index (χ3v) is 5.15. The van der Waals surface area contributed by atoms with Crippen molar-refractivity contribution in [2.75, 3.05) is 20.3 Å². The lowest BCUT2D eigenvalue weighted by molar-refractivity contribution is 0.0924. The maximum atomic E-state index is 13.6. The van der Waals surface area contributed by atoms with Gasteiger partial charge in [0.2, 0.25) is 5.89 Å². The number of methoxy groups -OCH3 is 1. The lowest BCUT2D eigenvalue weighted by Gasteiger charge is -2.18. The van der Waals surface area contributed by atoms with E-state index in [0.29, 0.717) is 12.8 Å². The minimum atomic E-state index is -0.917. The second-order valence-electron chi connectivity index (χ2n) is 7.25. The molecule has 3 N–H and O–H groups in total. The summed E-state index contributed by atoms with van der Waals surface area (Å²) in [6.45, 7) is -0.646. The van der Waals surface area contributed by atoms with Crippen molar-refractivity contribution in [1.29, 1.82) is 5.41 Å². The van der Waals surface area contributed by atoms with E-state index in [1.165, 1.54) is 13.3 Å². The normalized spacial score (nSPS) is 11.7. The quantitative estimate of drug-likeness (QED) is 0.207. The van der Waals surface area contributed by atoms with Gasteiger partial charge in [-0.3, -0.25) is 10.2 Å². The van der Waals surface area contributed by atoms with Gasteiger partial charge in [0, 0.05) is 18.2 Å². The number of aromatic nitrogens is 1. The summed E-state index contributed by atoms with van der Waals surface area (Å²) >= 11 is 6.20. The molecule has 0 aliphatic carbocycles. The highest BCUT2D eigenvalue weighted by Gasteiger charge is 2.24. The summed E-state index contributed by atoms with van der Waals surface area (Å²) in [5.74, 6) is -1.87. The van der Waals surface area contributed by atoms with E-state index in [1.54, 1.807) is 18.2 Å². The Hall–Kier alpha value is -3.53. The molecular weight excluding hydrogens is 473 g/mol. The molecule has 3 rings (SSSR count). The van der Waals surface area contributed by atoms with E-state index < -0.39 is 30.3 Å². The Bertz CT molecular complexity index is 1150. The first-order valence-electron chi connectivity index (χ1n) is 10.2. The molecule has 1 heterocycles. The summed E-state index contributed by atoms with van der Waals surface area (Å²) in [6, 6.07) is 6.94. The largest absolute Gasteiger partial charge is 0.496 e. The molecule has 180 valence electrons. The number of carbonyl (C=O) groups excluding carboxylic acids is 1. The Morgan fingerprint density at radius 3 is 2.68 bits per heavy atom. The molecule has 2 aromatic carbocycles. The van der Waals surface area contributed by atoms with E-state index >= 15 is 0 Å². The lowest BCUT2D eigenvalue weighted by Crippen LogP contribution is -2.31. The van der Waals surface area contributed by atoms with Crippen LogP contribution in [0.4, 0.5) is 13.2 Å². The van der Waals surface area contributed by atoms with Crippen molar-refractivity contribution >= 4 is 23.3 Å². The molecule has 3 aromatic rings. The maximum absolute atomic E-state index is 13.6. The average molecular weight is 495 g/mol. The van der Waals surface area contributed by atoms with E-state index in [-0.39, 0.29) is 45.9 Å². The van der Waals surface area contributed by atoms with Crippen LogP contribution in [-0.2, 0) is 0 Å². The zero-order valence-corrected chi connectivity index (χ0v) is 18.9. The van der Waals surface area contributed by atoms with Crippen LogP contribution in [0.2, 0.25) is 5.02 Å². The van der Waals surface area contributed by atoms with Gasteiger partial charge in [-0.25, -0.2) is 18.2 Å². The Kier molecular flexibility index (Phi) is 8.53. The molecule has 1 amide bonds. The number of hydrogen-bond donors (Lipinski definition) is 3. The SMILES string of the molecule is COc1cccc(Cl)c1C(=O)N[C@@H](CCCNC(=N)CF)c1ncc(-c2cc(F)cc(F)c2)o1. The number of nitrogens with one attached hydrogen (secondary N) is 3. The van der Waals surface area contributed by atoms with Gasteiger partial charge in [-0.2, -0.15) is 0 Å². The molecule has 0 spiro atoms. The van der Waals surface area contributed by atoms with Gasteiger partial charge in [0.05, 0.1) is 23.9 Å². The van der Waals surface area contributed by atoms with Crippen LogP contribution in [0.25, 0.3) is 11.3 Å². The molecule has 0 radical (unpaired) electrons. The van der Waals surface area contributed by atoms with Crippen molar-refractivity contribution in [3.63, 3.8) is 0 Å². The lowest BCUT2D eigenvalue weighted by atomic mass is 10.1. The molecule has 0 aliphatic rings. The van der Waals surface area contributed by atoms with Gasteiger partial charge >= 0.3 is 0 Å². The highest BCUT2D eigenvalue weighted by molar-refractivity contribution is 6.34. The Balaban J connectivity index is 1.85.